The number of aromatic hydroxyl groups is 1. The number of sulfonamides is 1. The van der Waals surface area contributed by atoms with Crippen LogP contribution in [0.3, 0.4) is 0 Å². The van der Waals surface area contributed by atoms with E-state index in [0.717, 1.165) is 5.69 Å². The lowest BCUT2D eigenvalue weighted by Gasteiger charge is -2.12. The number of halogens is 1. The van der Waals surface area contributed by atoms with Crippen LogP contribution in [0.2, 0.25) is 5.02 Å². The lowest BCUT2D eigenvalue weighted by atomic mass is 10.2. The molecule has 4 aromatic rings. The summed E-state index contributed by atoms with van der Waals surface area (Å²) < 4.78 is 29.5. The van der Waals surface area contributed by atoms with Gasteiger partial charge in [-0.05, 0) is 48.5 Å². The second-order valence-corrected chi connectivity index (χ2v) is 8.85. The molecule has 162 valence electrons. The van der Waals surface area contributed by atoms with Crippen LogP contribution >= 0.6 is 11.6 Å². The molecule has 0 aliphatic carbocycles. The van der Waals surface area contributed by atoms with Gasteiger partial charge in [-0.2, -0.15) is 0 Å². The number of phenolic OH excluding ortho intramolecular Hbond substituents is 1. The van der Waals surface area contributed by atoms with Gasteiger partial charge in [0.2, 0.25) is 0 Å². The first kappa shape index (κ1) is 21.4. The van der Waals surface area contributed by atoms with Gasteiger partial charge < -0.3 is 10.4 Å². The summed E-state index contributed by atoms with van der Waals surface area (Å²) >= 11 is 5.91. The van der Waals surface area contributed by atoms with E-state index in [1.807, 2.05) is 30.3 Å². The fourth-order valence-corrected chi connectivity index (χ4v) is 4.26. The average Bonchev–Trinajstić information content (AvgIpc) is 3.25. The quantitative estimate of drug-likeness (QED) is 0.365. The maximum absolute atomic E-state index is 12.8. The molecule has 0 unspecified atom stereocenters. The number of aromatic nitrogens is 2. The number of para-hydroxylation sites is 1. The van der Waals surface area contributed by atoms with Crippen molar-refractivity contribution in [1.29, 1.82) is 0 Å². The van der Waals surface area contributed by atoms with Gasteiger partial charge in [0, 0.05) is 10.7 Å². The fourth-order valence-electron chi connectivity index (χ4n) is 2.99. The summed E-state index contributed by atoms with van der Waals surface area (Å²) in [4.78, 5) is 16.7. The van der Waals surface area contributed by atoms with Gasteiger partial charge in [-0.25, -0.2) is 13.4 Å². The number of benzene rings is 3. The van der Waals surface area contributed by atoms with Crippen LogP contribution in [0, 0.1) is 0 Å². The van der Waals surface area contributed by atoms with Gasteiger partial charge in [0.25, 0.3) is 15.9 Å². The average molecular weight is 469 g/mol. The van der Waals surface area contributed by atoms with Crippen LogP contribution in [0.5, 0.6) is 5.75 Å². The van der Waals surface area contributed by atoms with Gasteiger partial charge in [-0.3, -0.25) is 14.1 Å². The predicted octanol–water partition coefficient (Wildman–Crippen LogP) is 4.28. The molecule has 0 saturated carbocycles. The standard InChI is InChI=1S/C22H17ClN4O4S/c23-15-5-4-6-16(11-15)26-32(30,31)18-9-10-21(28)19(12-18)25-22(29)20-13-24-14-27(20)17-7-2-1-3-8-17/h1-14,26,28H,(H,25,29). The van der Waals surface area contributed by atoms with Crippen molar-refractivity contribution >= 4 is 38.9 Å². The van der Waals surface area contributed by atoms with E-state index >= 15 is 0 Å². The first-order chi connectivity index (χ1) is 15.3. The van der Waals surface area contributed by atoms with Gasteiger partial charge in [-0.15, -0.1) is 0 Å². The van der Waals surface area contributed by atoms with E-state index in [4.69, 9.17) is 11.6 Å². The highest BCUT2D eigenvalue weighted by Gasteiger charge is 2.19. The van der Waals surface area contributed by atoms with Crippen molar-refractivity contribution in [1.82, 2.24) is 9.55 Å². The van der Waals surface area contributed by atoms with Gasteiger partial charge in [0.05, 0.1) is 28.8 Å². The number of imidazole rings is 1. The molecule has 0 fully saturated rings. The molecule has 0 aliphatic heterocycles. The molecule has 0 atom stereocenters. The number of nitrogens with one attached hydrogen (secondary N) is 2. The summed E-state index contributed by atoms with van der Waals surface area (Å²) in [5.41, 5.74) is 1.15. The maximum atomic E-state index is 12.8. The first-order valence-electron chi connectivity index (χ1n) is 9.34. The third kappa shape index (κ3) is 4.58. The van der Waals surface area contributed by atoms with Crippen molar-refractivity contribution in [3.63, 3.8) is 0 Å². The van der Waals surface area contributed by atoms with Crippen molar-refractivity contribution < 1.29 is 18.3 Å². The van der Waals surface area contributed by atoms with Gasteiger partial charge in [0.15, 0.2) is 0 Å². The van der Waals surface area contributed by atoms with Crippen LogP contribution in [0.25, 0.3) is 5.69 Å². The van der Waals surface area contributed by atoms with E-state index in [2.05, 4.69) is 15.0 Å². The van der Waals surface area contributed by atoms with Crippen molar-refractivity contribution in [3.05, 3.63) is 96.0 Å². The van der Waals surface area contributed by atoms with Crippen LogP contribution in [0.4, 0.5) is 11.4 Å². The highest BCUT2D eigenvalue weighted by Crippen LogP contribution is 2.28. The number of nitrogens with zero attached hydrogens (tertiary/aromatic N) is 2. The zero-order valence-corrected chi connectivity index (χ0v) is 18.0. The summed E-state index contributed by atoms with van der Waals surface area (Å²) in [7, 11) is -4.00. The Hall–Kier alpha value is -3.82. The van der Waals surface area contributed by atoms with E-state index in [-0.39, 0.29) is 27.7 Å². The second-order valence-electron chi connectivity index (χ2n) is 6.73. The topological polar surface area (TPSA) is 113 Å². The largest absolute Gasteiger partial charge is 0.506 e. The maximum Gasteiger partial charge on any atom is 0.274 e. The smallest absolute Gasteiger partial charge is 0.274 e. The summed E-state index contributed by atoms with van der Waals surface area (Å²) in [5.74, 6) is -0.857. The van der Waals surface area contributed by atoms with Crippen LogP contribution in [-0.2, 0) is 10.0 Å². The Labute approximate surface area is 189 Å². The molecule has 3 aromatic carbocycles. The van der Waals surface area contributed by atoms with E-state index in [1.165, 1.54) is 36.8 Å². The Balaban J connectivity index is 1.60. The number of phenols is 1. The van der Waals surface area contributed by atoms with Crippen LogP contribution < -0.4 is 10.0 Å². The zero-order valence-electron chi connectivity index (χ0n) is 16.4. The Kier molecular flexibility index (Phi) is 5.85. The van der Waals surface area contributed by atoms with Crippen molar-refractivity contribution in [2.24, 2.45) is 0 Å². The molecule has 3 N–H and O–H groups in total. The molecular formula is C22H17ClN4O4S. The number of hydrogen-bond acceptors (Lipinski definition) is 5. The van der Waals surface area contributed by atoms with Crippen LogP contribution in [0.15, 0.2) is 90.2 Å². The molecule has 1 heterocycles. The molecule has 4 rings (SSSR count). The zero-order chi connectivity index (χ0) is 22.7. The molecule has 8 nitrogen and oxygen atoms in total. The van der Waals surface area contributed by atoms with E-state index < -0.39 is 15.9 Å². The second kappa shape index (κ2) is 8.74. The van der Waals surface area contributed by atoms with Crippen molar-refractivity contribution in [3.8, 4) is 11.4 Å². The molecule has 1 aromatic heterocycles. The van der Waals surface area contributed by atoms with Gasteiger partial charge in [0.1, 0.15) is 11.4 Å². The predicted molar refractivity (Wildman–Crippen MR) is 122 cm³/mol. The highest BCUT2D eigenvalue weighted by atomic mass is 35.5. The minimum absolute atomic E-state index is 0.0650. The van der Waals surface area contributed by atoms with Gasteiger partial charge >= 0.3 is 0 Å². The Morgan fingerprint density at radius 2 is 1.78 bits per heavy atom. The normalized spacial score (nSPS) is 11.2. The lowest BCUT2D eigenvalue weighted by Crippen LogP contribution is -2.17. The highest BCUT2D eigenvalue weighted by molar-refractivity contribution is 7.92. The first-order valence-corrected chi connectivity index (χ1v) is 11.2. The Morgan fingerprint density at radius 3 is 2.53 bits per heavy atom. The van der Waals surface area contributed by atoms with E-state index in [9.17, 15) is 18.3 Å². The number of carbonyl (C=O) groups is 1. The van der Waals surface area contributed by atoms with Crippen LogP contribution in [-0.4, -0.2) is 29.0 Å². The third-order valence-corrected chi connectivity index (χ3v) is 6.12. The lowest BCUT2D eigenvalue weighted by molar-refractivity contribution is 0.102. The molecule has 0 spiro atoms. The van der Waals surface area contributed by atoms with E-state index in [1.54, 1.807) is 22.8 Å². The summed E-state index contributed by atoms with van der Waals surface area (Å²) in [6.45, 7) is 0. The molecule has 32 heavy (non-hydrogen) atoms. The Bertz CT molecular complexity index is 1390. The molecule has 1 amide bonds. The van der Waals surface area contributed by atoms with Crippen LogP contribution in [0.1, 0.15) is 10.5 Å². The Morgan fingerprint density at radius 1 is 1.00 bits per heavy atom. The third-order valence-electron chi connectivity index (χ3n) is 4.51. The molecule has 0 saturated heterocycles. The number of rotatable bonds is 6. The summed E-state index contributed by atoms with van der Waals surface area (Å²) in [5, 5.41) is 13.1. The number of carbonyl (C=O) groups excluding carboxylic acids is 1. The van der Waals surface area contributed by atoms with E-state index in [0.29, 0.717) is 5.02 Å². The molecular weight excluding hydrogens is 452 g/mol. The summed E-state index contributed by atoms with van der Waals surface area (Å²) in [6.07, 6.45) is 2.86. The number of anilines is 2. The number of amides is 1. The fraction of sp³-hybridized carbons (Fsp3) is 0. The van der Waals surface area contributed by atoms with Crippen molar-refractivity contribution in [2.75, 3.05) is 10.0 Å². The minimum atomic E-state index is -4.00. The molecule has 0 bridgehead atoms. The summed E-state index contributed by atoms with van der Waals surface area (Å²) in [6, 6.07) is 19.0. The molecule has 10 heteroatoms. The minimum Gasteiger partial charge on any atom is -0.506 e. The van der Waals surface area contributed by atoms with Gasteiger partial charge in [-0.1, -0.05) is 35.9 Å². The SMILES string of the molecule is O=C(Nc1cc(S(=O)(=O)Nc2cccc(Cl)c2)ccc1O)c1cncn1-c1ccccc1. The molecule has 0 aliphatic rings. The monoisotopic (exact) mass is 468 g/mol. The molecule has 0 radical (unpaired) electrons. The number of hydrogen-bond donors (Lipinski definition) is 3. The van der Waals surface area contributed by atoms with Crippen molar-refractivity contribution in [2.45, 2.75) is 4.90 Å².